The molecule has 4 nitrogen and oxygen atoms in total. The molecule has 2 aromatic rings. The summed E-state index contributed by atoms with van der Waals surface area (Å²) >= 11 is 1.64. The minimum atomic E-state index is 0.584. The van der Waals surface area contributed by atoms with E-state index >= 15 is 0 Å². The van der Waals surface area contributed by atoms with Gasteiger partial charge in [-0.3, -0.25) is 0 Å². The van der Waals surface area contributed by atoms with Crippen LogP contribution in [0.2, 0.25) is 0 Å². The van der Waals surface area contributed by atoms with E-state index in [1.54, 1.807) is 11.3 Å². The average molecular weight is 250 g/mol. The van der Waals surface area contributed by atoms with Crippen molar-refractivity contribution in [2.75, 3.05) is 5.32 Å². The van der Waals surface area contributed by atoms with Crippen molar-refractivity contribution in [2.45, 2.75) is 45.6 Å². The minimum Gasteiger partial charge on any atom is -0.357 e. The number of rotatable bonds is 2. The van der Waals surface area contributed by atoms with E-state index in [0.29, 0.717) is 6.04 Å². The van der Waals surface area contributed by atoms with Gasteiger partial charge in [-0.25, -0.2) is 9.50 Å². The molecule has 0 spiro atoms. The lowest BCUT2D eigenvalue weighted by Crippen LogP contribution is -2.30. The van der Waals surface area contributed by atoms with Crippen LogP contribution in [0, 0.1) is 12.8 Å². The van der Waals surface area contributed by atoms with Gasteiger partial charge in [0, 0.05) is 6.04 Å². The smallest absolute Gasteiger partial charge is 0.214 e. The van der Waals surface area contributed by atoms with Gasteiger partial charge in [-0.05, 0) is 25.7 Å². The summed E-state index contributed by atoms with van der Waals surface area (Å²) in [7, 11) is 0. The van der Waals surface area contributed by atoms with E-state index in [1.807, 2.05) is 17.6 Å². The first-order valence-electron chi connectivity index (χ1n) is 6.32. The number of nitrogens with one attached hydrogen (secondary N) is 1. The Morgan fingerprint density at radius 2 is 2.24 bits per heavy atom. The Morgan fingerprint density at radius 1 is 1.41 bits per heavy atom. The molecule has 2 atom stereocenters. The Labute approximate surface area is 105 Å². The lowest BCUT2D eigenvalue weighted by Gasteiger charge is -2.29. The van der Waals surface area contributed by atoms with Crippen molar-refractivity contribution in [1.82, 2.24) is 14.6 Å². The molecular formula is C12H18N4S. The maximum absolute atomic E-state index is 4.52. The highest BCUT2D eigenvalue weighted by Gasteiger charge is 2.22. The van der Waals surface area contributed by atoms with E-state index in [4.69, 9.17) is 0 Å². The average Bonchev–Trinajstić information content (AvgIpc) is 2.78. The molecule has 3 rings (SSSR count). The summed E-state index contributed by atoms with van der Waals surface area (Å²) in [6.45, 7) is 4.33. The summed E-state index contributed by atoms with van der Waals surface area (Å²) < 4.78 is 1.87. The first-order chi connectivity index (χ1) is 8.22. The number of aromatic nitrogens is 3. The van der Waals surface area contributed by atoms with Crippen LogP contribution in [0.15, 0.2) is 6.20 Å². The predicted molar refractivity (Wildman–Crippen MR) is 70.6 cm³/mol. The molecule has 92 valence electrons. The first kappa shape index (κ1) is 11.0. The second-order valence-corrected chi connectivity index (χ2v) is 5.99. The number of nitrogens with zero attached hydrogens (tertiary/aromatic N) is 3. The highest BCUT2D eigenvalue weighted by molar-refractivity contribution is 7.20. The molecule has 1 N–H and O–H groups in total. The summed E-state index contributed by atoms with van der Waals surface area (Å²) in [6, 6.07) is 0.584. The van der Waals surface area contributed by atoms with Gasteiger partial charge in [-0.1, -0.05) is 31.1 Å². The largest absolute Gasteiger partial charge is 0.357 e. The van der Waals surface area contributed by atoms with Crippen molar-refractivity contribution in [1.29, 1.82) is 0 Å². The number of hydrogen-bond acceptors (Lipinski definition) is 4. The molecule has 5 heteroatoms. The van der Waals surface area contributed by atoms with E-state index in [-0.39, 0.29) is 0 Å². The van der Waals surface area contributed by atoms with Crippen molar-refractivity contribution in [3.05, 3.63) is 11.9 Å². The SMILES string of the molecule is Cc1cn2nc(N[C@@H]3CCCC[C@H]3C)sc2n1. The number of imidazole rings is 1. The van der Waals surface area contributed by atoms with Crippen molar-refractivity contribution >= 4 is 21.4 Å². The third-order valence-corrected chi connectivity index (χ3v) is 4.44. The van der Waals surface area contributed by atoms with Gasteiger partial charge in [0.1, 0.15) is 0 Å². The van der Waals surface area contributed by atoms with Gasteiger partial charge in [0.15, 0.2) is 0 Å². The Hall–Kier alpha value is -1.10. The summed E-state index contributed by atoms with van der Waals surface area (Å²) in [5, 5.41) is 9.10. The molecule has 0 aromatic carbocycles. The lowest BCUT2D eigenvalue weighted by atomic mass is 9.86. The third kappa shape index (κ3) is 2.16. The molecule has 0 saturated heterocycles. The standard InChI is InChI=1S/C12H18N4S/c1-8-5-3-4-6-10(8)14-11-15-16-7-9(2)13-12(16)17-11/h7-8,10H,3-6H2,1-2H3,(H,14,15)/t8-,10-/m1/s1. The Kier molecular flexibility index (Phi) is 2.78. The van der Waals surface area contributed by atoms with E-state index in [1.165, 1.54) is 25.7 Å². The maximum atomic E-state index is 4.52. The highest BCUT2D eigenvalue weighted by atomic mass is 32.1. The van der Waals surface area contributed by atoms with Gasteiger partial charge in [-0.2, -0.15) is 0 Å². The number of hydrogen-bond donors (Lipinski definition) is 1. The molecule has 0 bridgehead atoms. The van der Waals surface area contributed by atoms with E-state index in [9.17, 15) is 0 Å². The molecule has 1 aliphatic carbocycles. The first-order valence-corrected chi connectivity index (χ1v) is 7.13. The van der Waals surface area contributed by atoms with Crippen LogP contribution in [0.3, 0.4) is 0 Å². The minimum absolute atomic E-state index is 0.584. The molecule has 0 radical (unpaired) electrons. The van der Waals surface area contributed by atoms with Crippen LogP contribution in [0.1, 0.15) is 38.3 Å². The van der Waals surface area contributed by atoms with Crippen LogP contribution in [0.5, 0.6) is 0 Å². The van der Waals surface area contributed by atoms with E-state index < -0.39 is 0 Å². The van der Waals surface area contributed by atoms with Crippen LogP contribution in [0.25, 0.3) is 4.96 Å². The molecule has 2 aromatic heterocycles. The molecule has 0 aliphatic heterocycles. The monoisotopic (exact) mass is 250 g/mol. The van der Waals surface area contributed by atoms with Gasteiger partial charge < -0.3 is 5.32 Å². The summed E-state index contributed by atoms with van der Waals surface area (Å²) in [5.74, 6) is 0.752. The Balaban J connectivity index is 1.77. The van der Waals surface area contributed by atoms with Gasteiger partial charge in [0.25, 0.3) is 0 Å². The lowest BCUT2D eigenvalue weighted by molar-refractivity contribution is 0.349. The number of fused-ring (bicyclic) bond motifs is 1. The maximum Gasteiger partial charge on any atom is 0.214 e. The topological polar surface area (TPSA) is 42.2 Å². The quantitative estimate of drug-likeness (QED) is 0.890. The Morgan fingerprint density at radius 3 is 3.00 bits per heavy atom. The second kappa shape index (κ2) is 4.29. The fourth-order valence-electron chi connectivity index (χ4n) is 2.56. The summed E-state index contributed by atoms with van der Waals surface area (Å²) in [4.78, 5) is 5.40. The van der Waals surface area contributed by atoms with Crippen LogP contribution in [0.4, 0.5) is 5.13 Å². The fourth-order valence-corrected chi connectivity index (χ4v) is 3.45. The zero-order valence-electron chi connectivity index (χ0n) is 10.3. The van der Waals surface area contributed by atoms with Gasteiger partial charge in [0.2, 0.25) is 10.1 Å². The summed E-state index contributed by atoms with van der Waals surface area (Å²) in [6.07, 6.45) is 7.28. The van der Waals surface area contributed by atoms with Crippen LogP contribution < -0.4 is 5.32 Å². The normalized spacial score (nSPS) is 25.3. The molecule has 1 aliphatic rings. The zero-order chi connectivity index (χ0) is 11.8. The zero-order valence-corrected chi connectivity index (χ0v) is 11.1. The van der Waals surface area contributed by atoms with Crippen molar-refractivity contribution < 1.29 is 0 Å². The third-order valence-electron chi connectivity index (χ3n) is 3.58. The second-order valence-electron chi connectivity index (χ2n) is 5.03. The van der Waals surface area contributed by atoms with Gasteiger partial charge in [0.05, 0.1) is 11.9 Å². The molecule has 0 amide bonds. The van der Waals surface area contributed by atoms with Crippen LogP contribution in [-0.4, -0.2) is 20.6 Å². The number of anilines is 1. The summed E-state index contributed by atoms with van der Waals surface area (Å²) in [5.41, 5.74) is 1.03. The molecule has 2 heterocycles. The van der Waals surface area contributed by atoms with Gasteiger partial charge >= 0.3 is 0 Å². The fraction of sp³-hybridized carbons (Fsp3) is 0.667. The molecule has 1 fully saturated rings. The van der Waals surface area contributed by atoms with Crippen LogP contribution >= 0.6 is 11.3 Å². The molecule has 17 heavy (non-hydrogen) atoms. The van der Waals surface area contributed by atoms with E-state index in [0.717, 1.165) is 21.7 Å². The molecular weight excluding hydrogens is 232 g/mol. The number of aryl methyl sites for hydroxylation is 1. The van der Waals surface area contributed by atoms with Crippen molar-refractivity contribution in [3.8, 4) is 0 Å². The van der Waals surface area contributed by atoms with Crippen molar-refractivity contribution in [3.63, 3.8) is 0 Å². The van der Waals surface area contributed by atoms with Gasteiger partial charge in [-0.15, -0.1) is 5.10 Å². The predicted octanol–water partition coefficient (Wildman–Crippen LogP) is 3.09. The molecule has 0 unspecified atom stereocenters. The van der Waals surface area contributed by atoms with Crippen molar-refractivity contribution in [2.24, 2.45) is 5.92 Å². The highest BCUT2D eigenvalue weighted by Crippen LogP contribution is 2.28. The van der Waals surface area contributed by atoms with Crippen LogP contribution in [-0.2, 0) is 0 Å². The molecule has 1 saturated carbocycles. The van der Waals surface area contributed by atoms with E-state index in [2.05, 4.69) is 22.3 Å². The Bertz CT molecular complexity index is 484.